The maximum Gasteiger partial charge on any atom is 0.416 e. The molecule has 0 saturated carbocycles. The zero-order chi connectivity index (χ0) is 21.7. The monoisotopic (exact) mass is 433 g/mol. The summed E-state index contributed by atoms with van der Waals surface area (Å²) in [4.78, 5) is 23.2. The van der Waals surface area contributed by atoms with Gasteiger partial charge in [0.15, 0.2) is 0 Å². The van der Waals surface area contributed by atoms with Crippen LogP contribution in [-0.4, -0.2) is 32.8 Å². The van der Waals surface area contributed by atoms with E-state index in [0.29, 0.717) is 11.8 Å². The first-order chi connectivity index (χ1) is 13.5. The minimum absolute atomic E-state index is 0.105. The highest BCUT2D eigenvalue weighted by Gasteiger charge is 2.31. The van der Waals surface area contributed by atoms with Gasteiger partial charge in [0.25, 0.3) is 0 Å². The lowest BCUT2D eigenvalue weighted by atomic mass is 10.2. The highest BCUT2D eigenvalue weighted by molar-refractivity contribution is 7.89. The highest BCUT2D eigenvalue weighted by atomic mass is 32.2. The molecule has 2 rings (SSSR count). The van der Waals surface area contributed by atoms with E-state index in [2.05, 4.69) is 10.6 Å². The molecule has 0 aliphatic rings. The maximum atomic E-state index is 12.7. The molecule has 158 valence electrons. The molecule has 0 aliphatic heterocycles. The molecule has 0 bridgehead atoms. The van der Waals surface area contributed by atoms with Crippen molar-refractivity contribution in [1.82, 2.24) is 15.4 Å². The molecule has 3 N–H and O–H groups in total. The van der Waals surface area contributed by atoms with Gasteiger partial charge in [-0.3, -0.25) is 9.59 Å². The third-order valence-corrected chi connectivity index (χ3v) is 5.08. The van der Waals surface area contributed by atoms with E-state index in [4.69, 9.17) is 4.42 Å². The number of sulfonamides is 1. The van der Waals surface area contributed by atoms with Crippen molar-refractivity contribution >= 4 is 21.8 Å². The Bertz CT molecular complexity index is 959. The van der Waals surface area contributed by atoms with Crippen molar-refractivity contribution in [2.75, 3.05) is 6.54 Å². The molecule has 8 nitrogen and oxygen atoms in total. The number of furan rings is 1. The van der Waals surface area contributed by atoms with Gasteiger partial charge in [-0.05, 0) is 37.3 Å². The van der Waals surface area contributed by atoms with Crippen molar-refractivity contribution in [2.24, 2.45) is 0 Å². The fraction of sp³-hybridized carbons (Fsp3) is 0.294. The smallest absolute Gasteiger partial charge is 0.416 e. The first kappa shape index (κ1) is 22.4. The zero-order valence-electron chi connectivity index (χ0n) is 15.1. The van der Waals surface area contributed by atoms with Gasteiger partial charge in [-0.2, -0.15) is 13.2 Å². The third-order valence-electron chi connectivity index (χ3n) is 3.68. The van der Waals surface area contributed by atoms with Crippen molar-refractivity contribution in [3.05, 3.63) is 54.0 Å². The Kier molecular flexibility index (Phi) is 7.03. The number of hydrogen-bond donors (Lipinski definition) is 3. The summed E-state index contributed by atoms with van der Waals surface area (Å²) in [6.07, 6.45) is -3.27. The first-order valence-corrected chi connectivity index (χ1v) is 9.74. The molecular formula is C17H18F3N3O5S. The number of halogens is 3. The summed E-state index contributed by atoms with van der Waals surface area (Å²) in [6, 6.07) is 5.42. The van der Waals surface area contributed by atoms with E-state index in [1.54, 1.807) is 12.1 Å². The Hall–Kier alpha value is -2.86. The molecule has 1 unspecified atom stereocenters. The van der Waals surface area contributed by atoms with Crippen LogP contribution in [0.25, 0.3) is 0 Å². The van der Waals surface area contributed by atoms with Gasteiger partial charge in [-0.15, -0.1) is 0 Å². The number of hydrogen-bond acceptors (Lipinski definition) is 5. The van der Waals surface area contributed by atoms with Crippen LogP contribution >= 0.6 is 0 Å². The van der Waals surface area contributed by atoms with Crippen LogP contribution in [0.4, 0.5) is 13.2 Å². The van der Waals surface area contributed by atoms with Gasteiger partial charge in [-0.25, -0.2) is 13.1 Å². The van der Waals surface area contributed by atoms with Gasteiger partial charge in [0.05, 0.1) is 29.8 Å². The van der Waals surface area contributed by atoms with Gasteiger partial charge < -0.3 is 15.1 Å². The van der Waals surface area contributed by atoms with Crippen molar-refractivity contribution in [3.63, 3.8) is 0 Å². The minimum Gasteiger partial charge on any atom is -0.467 e. The summed E-state index contributed by atoms with van der Waals surface area (Å²) in [5.41, 5.74) is -1.13. The lowest BCUT2D eigenvalue weighted by Crippen LogP contribution is -2.47. The van der Waals surface area contributed by atoms with E-state index in [1.165, 1.54) is 13.2 Å². The number of benzene rings is 1. The number of alkyl halides is 3. The van der Waals surface area contributed by atoms with E-state index in [0.717, 1.165) is 18.2 Å². The molecule has 0 spiro atoms. The Labute approximate surface area is 164 Å². The van der Waals surface area contributed by atoms with Crippen LogP contribution in [0.3, 0.4) is 0 Å². The van der Waals surface area contributed by atoms with Gasteiger partial charge in [-0.1, -0.05) is 6.07 Å². The predicted molar refractivity (Wildman–Crippen MR) is 94.8 cm³/mol. The minimum atomic E-state index is -4.71. The molecule has 1 aromatic carbocycles. The number of rotatable bonds is 8. The molecule has 0 aliphatic carbocycles. The topological polar surface area (TPSA) is 118 Å². The van der Waals surface area contributed by atoms with E-state index in [-0.39, 0.29) is 6.54 Å². The highest BCUT2D eigenvalue weighted by Crippen LogP contribution is 2.30. The van der Waals surface area contributed by atoms with E-state index >= 15 is 0 Å². The Morgan fingerprint density at radius 1 is 1.17 bits per heavy atom. The number of carbonyl (C=O) groups excluding carboxylic acids is 2. The average molecular weight is 433 g/mol. The molecule has 1 atom stereocenters. The molecule has 2 aromatic rings. The van der Waals surface area contributed by atoms with Crippen LogP contribution < -0.4 is 15.4 Å². The van der Waals surface area contributed by atoms with E-state index < -0.39 is 51.1 Å². The van der Waals surface area contributed by atoms with Crippen LogP contribution in [0.1, 0.15) is 18.2 Å². The summed E-state index contributed by atoms with van der Waals surface area (Å²) in [5.74, 6) is -0.859. The second-order valence-electron chi connectivity index (χ2n) is 5.94. The fourth-order valence-corrected chi connectivity index (χ4v) is 3.21. The normalized spacial score (nSPS) is 13.0. The van der Waals surface area contributed by atoms with Crippen LogP contribution in [0.2, 0.25) is 0 Å². The van der Waals surface area contributed by atoms with Crippen LogP contribution in [0, 0.1) is 0 Å². The van der Waals surface area contributed by atoms with Gasteiger partial charge in [0.1, 0.15) is 11.8 Å². The van der Waals surface area contributed by atoms with Gasteiger partial charge in [0.2, 0.25) is 21.8 Å². The Balaban J connectivity index is 1.88. The summed E-state index contributed by atoms with van der Waals surface area (Å²) >= 11 is 0. The van der Waals surface area contributed by atoms with Crippen LogP contribution in [-0.2, 0) is 32.3 Å². The molecule has 2 amide bonds. The number of nitrogens with one attached hydrogen (secondary N) is 3. The van der Waals surface area contributed by atoms with Crippen molar-refractivity contribution in [2.45, 2.75) is 30.6 Å². The molecule has 1 aromatic heterocycles. The second kappa shape index (κ2) is 9.09. The number of carbonyl (C=O) groups is 2. The van der Waals surface area contributed by atoms with Crippen molar-refractivity contribution in [1.29, 1.82) is 0 Å². The van der Waals surface area contributed by atoms with E-state index in [1.807, 2.05) is 4.72 Å². The summed E-state index contributed by atoms with van der Waals surface area (Å²) in [6.45, 7) is 0.735. The largest absolute Gasteiger partial charge is 0.467 e. The van der Waals surface area contributed by atoms with Crippen molar-refractivity contribution in [3.8, 4) is 0 Å². The molecule has 12 heteroatoms. The molecule has 1 heterocycles. The SMILES string of the molecule is CC(NC(=O)CNS(=O)(=O)c1cccc(C(F)(F)F)c1)C(=O)NCc1ccco1. The quantitative estimate of drug-likeness (QED) is 0.582. The molecule has 0 saturated heterocycles. The summed E-state index contributed by atoms with van der Waals surface area (Å²) in [5, 5.41) is 4.80. The molecule has 29 heavy (non-hydrogen) atoms. The second-order valence-corrected chi connectivity index (χ2v) is 7.70. The standard InChI is InChI=1S/C17H18F3N3O5S/c1-11(16(25)21-9-13-5-3-7-28-13)23-15(24)10-22-29(26,27)14-6-2-4-12(8-14)17(18,19)20/h2-8,11,22H,9-10H2,1H3,(H,21,25)(H,23,24). The molecule has 0 fully saturated rings. The lowest BCUT2D eigenvalue weighted by molar-refractivity contribution is -0.137. The first-order valence-electron chi connectivity index (χ1n) is 8.25. The Morgan fingerprint density at radius 3 is 2.52 bits per heavy atom. The zero-order valence-corrected chi connectivity index (χ0v) is 15.9. The maximum absolute atomic E-state index is 12.7. The van der Waals surface area contributed by atoms with E-state index in [9.17, 15) is 31.2 Å². The summed E-state index contributed by atoms with van der Waals surface area (Å²) in [7, 11) is -4.36. The van der Waals surface area contributed by atoms with Gasteiger partial charge >= 0.3 is 6.18 Å². The van der Waals surface area contributed by atoms with Crippen molar-refractivity contribution < 1.29 is 35.6 Å². The van der Waals surface area contributed by atoms with Crippen LogP contribution in [0.15, 0.2) is 52.0 Å². The Morgan fingerprint density at radius 2 is 1.90 bits per heavy atom. The predicted octanol–water partition coefficient (Wildman–Crippen LogP) is 1.40. The average Bonchev–Trinajstić information content (AvgIpc) is 3.17. The molecular weight excluding hydrogens is 415 g/mol. The van der Waals surface area contributed by atoms with Crippen LogP contribution in [0.5, 0.6) is 0 Å². The number of amides is 2. The molecule has 0 radical (unpaired) electrons. The summed E-state index contributed by atoms with van der Waals surface area (Å²) < 4.78 is 69.3. The third kappa shape index (κ3) is 6.61. The van der Waals surface area contributed by atoms with Gasteiger partial charge in [0, 0.05) is 0 Å². The fourth-order valence-electron chi connectivity index (χ4n) is 2.18. The lowest BCUT2D eigenvalue weighted by Gasteiger charge is -2.14.